The Balaban J connectivity index is 1.73. The Hall–Kier alpha value is -2.53. The van der Waals surface area contributed by atoms with E-state index in [9.17, 15) is 4.79 Å². The number of piperazine rings is 1. The van der Waals surface area contributed by atoms with Gasteiger partial charge in [-0.3, -0.25) is 4.79 Å². The maximum Gasteiger partial charge on any atom is 0.261 e. The van der Waals surface area contributed by atoms with Crippen molar-refractivity contribution in [1.82, 2.24) is 10.2 Å². The van der Waals surface area contributed by atoms with Crippen LogP contribution in [0.1, 0.15) is 17.2 Å². The van der Waals surface area contributed by atoms with Crippen LogP contribution < -0.4 is 14.8 Å². The van der Waals surface area contributed by atoms with Crippen molar-refractivity contribution in [2.45, 2.75) is 13.0 Å². The lowest BCUT2D eigenvalue weighted by Gasteiger charge is -2.37. The highest BCUT2D eigenvalue weighted by Gasteiger charge is 2.29. The minimum atomic E-state index is -0.0569. The molecule has 1 unspecified atom stereocenters. The standard InChI is InChI=1S/C20H24N2O3/c1-15-6-5-7-16(12-15)25-14-20(23)22-11-10-21-13-18(22)17-8-3-4-9-19(17)24-2/h3-9,12,18,21H,10-11,13-14H2,1-2H3. The van der Waals surface area contributed by atoms with E-state index in [2.05, 4.69) is 5.32 Å². The van der Waals surface area contributed by atoms with Crippen molar-refractivity contribution >= 4 is 5.91 Å². The summed E-state index contributed by atoms with van der Waals surface area (Å²) < 4.78 is 11.2. The average molecular weight is 340 g/mol. The Bertz CT molecular complexity index is 732. The lowest BCUT2D eigenvalue weighted by Crippen LogP contribution is -2.50. The zero-order valence-electron chi connectivity index (χ0n) is 14.7. The zero-order valence-corrected chi connectivity index (χ0v) is 14.7. The highest BCUT2D eigenvalue weighted by atomic mass is 16.5. The molecule has 0 radical (unpaired) electrons. The molecule has 1 aliphatic rings. The summed E-state index contributed by atoms with van der Waals surface area (Å²) in [6.45, 7) is 4.18. The van der Waals surface area contributed by atoms with E-state index in [1.807, 2.05) is 60.4 Å². The van der Waals surface area contributed by atoms with Gasteiger partial charge in [-0.05, 0) is 30.7 Å². The fourth-order valence-corrected chi connectivity index (χ4v) is 3.16. The molecule has 0 aromatic heterocycles. The SMILES string of the molecule is COc1ccccc1C1CNCCN1C(=O)COc1cccc(C)c1. The van der Waals surface area contributed by atoms with E-state index in [-0.39, 0.29) is 18.6 Å². The number of hydrogen-bond acceptors (Lipinski definition) is 4. The topological polar surface area (TPSA) is 50.8 Å². The lowest BCUT2D eigenvalue weighted by molar-refractivity contribution is -0.136. The summed E-state index contributed by atoms with van der Waals surface area (Å²) in [6.07, 6.45) is 0. The number of rotatable bonds is 5. The summed E-state index contributed by atoms with van der Waals surface area (Å²) in [6, 6.07) is 15.5. The predicted octanol–water partition coefficient (Wildman–Crippen LogP) is 2.56. The van der Waals surface area contributed by atoms with Gasteiger partial charge in [0.1, 0.15) is 11.5 Å². The average Bonchev–Trinajstić information content (AvgIpc) is 2.66. The molecule has 1 heterocycles. The molecule has 1 fully saturated rings. The maximum absolute atomic E-state index is 12.8. The van der Waals surface area contributed by atoms with E-state index in [0.717, 1.165) is 29.2 Å². The van der Waals surface area contributed by atoms with Gasteiger partial charge in [0.05, 0.1) is 13.2 Å². The normalized spacial score (nSPS) is 17.2. The van der Waals surface area contributed by atoms with Gasteiger partial charge in [-0.15, -0.1) is 0 Å². The van der Waals surface area contributed by atoms with Gasteiger partial charge in [0.25, 0.3) is 5.91 Å². The monoisotopic (exact) mass is 340 g/mol. The van der Waals surface area contributed by atoms with Crippen LogP contribution in [0.2, 0.25) is 0 Å². The van der Waals surface area contributed by atoms with Gasteiger partial charge >= 0.3 is 0 Å². The van der Waals surface area contributed by atoms with Gasteiger partial charge in [0, 0.05) is 25.2 Å². The summed E-state index contributed by atoms with van der Waals surface area (Å²) in [5.74, 6) is 1.50. The highest BCUT2D eigenvalue weighted by molar-refractivity contribution is 5.78. The number of amides is 1. The number of nitrogens with one attached hydrogen (secondary N) is 1. The molecular formula is C20H24N2O3. The van der Waals surface area contributed by atoms with Crippen LogP contribution in [0.5, 0.6) is 11.5 Å². The lowest BCUT2D eigenvalue weighted by atomic mass is 10.0. The van der Waals surface area contributed by atoms with Crippen LogP contribution in [-0.2, 0) is 4.79 Å². The molecule has 5 heteroatoms. The third-order valence-electron chi connectivity index (χ3n) is 4.41. The van der Waals surface area contributed by atoms with Crippen molar-refractivity contribution < 1.29 is 14.3 Å². The number of hydrogen-bond donors (Lipinski definition) is 1. The molecule has 1 amide bonds. The summed E-state index contributed by atoms with van der Waals surface area (Å²) in [5.41, 5.74) is 2.13. The maximum atomic E-state index is 12.8. The molecule has 1 atom stereocenters. The van der Waals surface area contributed by atoms with Crippen LogP contribution in [-0.4, -0.2) is 44.2 Å². The quantitative estimate of drug-likeness (QED) is 0.909. The first-order valence-electron chi connectivity index (χ1n) is 8.51. The van der Waals surface area contributed by atoms with Crippen LogP contribution >= 0.6 is 0 Å². The fraction of sp³-hybridized carbons (Fsp3) is 0.350. The molecule has 1 N–H and O–H groups in total. The van der Waals surface area contributed by atoms with Crippen LogP contribution in [0, 0.1) is 6.92 Å². The molecule has 0 aliphatic carbocycles. The van der Waals surface area contributed by atoms with Crippen molar-refractivity contribution in [3.63, 3.8) is 0 Å². The highest BCUT2D eigenvalue weighted by Crippen LogP contribution is 2.30. The van der Waals surface area contributed by atoms with Crippen LogP contribution in [0.15, 0.2) is 48.5 Å². The van der Waals surface area contributed by atoms with Gasteiger partial charge < -0.3 is 19.7 Å². The smallest absolute Gasteiger partial charge is 0.261 e. The Morgan fingerprint density at radius 3 is 2.88 bits per heavy atom. The van der Waals surface area contributed by atoms with E-state index in [0.29, 0.717) is 13.1 Å². The largest absolute Gasteiger partial charge is 0.496 e. The Kier molecular flexibility index (Phi) is 5.56. The Morgan fingerprint density at radius 1 is 1.24 bits per heavy atom. The van der Waals surface area contributed by atoms with E-state index in [1.165, 1.54) is 0 Å². The molecule has 0 saturated carbocycles. The number of carbonyl (C=O) groups is 1. The second-order valence-electron chi connectivity index (χ2n) is 6.15. The minimum Gasteiger partial charge on any atom is -0.496 e. The molecule has 1 saturated heterocycles. The van der Waals surface area contributed by atoms with Gasteiger partial charge in [0.15, 0.2) is 6.61 Å². The van der Waals surface area contributed by atoms with Gasteiger partial charge in [0.2, 0.25) is 0 Å². The second-order valence-corrected chi connectivity index (χ2v) is 6.15. The molecule has 2 aromatic rings. The number of carbonyl (C=O) groups excluding carboxylic acids is 1. The first kappa shape index (κ1) is 17.3. The number of methoxy groups -OCH3 is 1. The molecular weight excluding hydrogens is 316 g/mol. The Morgan fingerprint density at radius 2 is 2.08 bits per heavy atom. The zero-order chi connectivity index (χ0) is 17.6. The number of para-hydroxylation sites is 1. The molecule has 3 rings (SSSR count). The van der Waals surface area contributed by atoms with Crippen molar-refractivity contribution in [3.8, 4) is 11.5 Å². The molecule has 1 aliphatic heterocycles. The number of ether oxygens (including phenoxy) is 2. The van der Waals surface area contributed by atoms with Gasteiger partial charge in [-0.2, -0.15) is 0 Å². The molecule has 25 heavy (non-hydrogen) atoms. The molecule has 0 spiro atoms. The third kappa shape index (κ3) is 4.12. The molecule has 5 nitrogen and oxygen atoms in total. The first-order chi connectivity index (χ1) is 12.2. The van der Waals surface area contributed by atoms with Crippen molar-refractivity contribution in [2.24, 2.45) is 0 Å². The third-order valence-corrected chi connectivity index (χ3v) is 4.41. The number of benzene rings is 2. The van der Waals surface area contributed by atoms with E-state index >= 15 is 0 Å². The molecule has 0 bridgehead atoms. The Labute approximate surface area is 148 Å². The summed E-state index contributed by atoms with van der Waals surface area (Å²) in [5, 5.41) is 3.36. The summed E-state index contributed by atoms with van der Waals surface area (Å²) in [7, 11) is 1.65. The summed E-state index contributed by atoms with van der Waals surface area (Å²) >= 11 is 0. The molecule has 132 valence electrons. The second kappa shape index (κ2) is 8.03. The van der Waals surface area contributed by atoms with Crippen LogP contribution in [0.4, 0.5) is 0 Å². The van der Waals surface area contributed by atoms with Gasteiger partial charge in [-0.1, -0.05) is 30.3 Å². The molecule has 2 aromatic carbocycles. The van der Waals surface area contributed by atoms with Crippen LogP contribution in [0.3, 0.4) is 0 Å². The van der Waals surface area contributed by atoms with E-state index in [1.54, 1.807) is 7.11 Å². The minimum absolute atomic E-state index is 0.0149. The van der Waals surface area contributed by atoms with E-state index < -0.39 is 0 Å². The van der Waals surface area contributed by atoms with Crippen molar-refractivity contribution in [3.05, 3.63) is 59.7 Å². The van der Waals surface area contributed by atoms with Crippen molar-refractivity contribution in [2.75, 3.05) is 33.4 Å². The predicted molar refractivity (Wildman–Crippen MR) is 97.0 cm³/mol. The number of nitrogens with zero attached hydrogens (tertiary/aromatic N) is 1. The summed E-state index contributed by atoms with van der Waals surface area (Å²) in [4.78, 5) is 14.7. The first-order valence-corrected chi connectivity index (χ1v) is 8.51. The van der Waals surface area contributed by atoms with Crippen LogP contribution in [0.25, 0.3) is 0 Å². The van der Waals surface area contributed by atoms with E-state index in [4.69, 9.17) is 9.47 Å². The fourth-order valence-electron chi connectivity index (χ4n) is 3.16. The number of aryl methyl sites for hydroxylation is 1. The van der Waals surface area contributed by atoms with Crippen molar-refractivity contribution in [1.29, 1.82) is 0 Å². The van der Waals surface area contributed by atoms with Gasteiger partial charge in [-0.25, -0.2) is 0 Å².